The molecule has 0 spiro atoms. The SMILES string of the molecule is COc1ccc(CC(=O)Cc2ccc(Oc3ncnc4cc(N(C)C)ccc34)cc2)cc1. The highest BCUT2D eigenvalue weighted by Crippen LogP contribution is 2.29. The van der Waals surface area contributed by atoms with Crippen molar-refractivity contribution in [3.8, 4) is 17.4 Å². The van der Waals surface area contributed by atoms with Gasteiger partial charge >= 0.3 is 0 Å². The van der Waals surface area contributed by atoms with E-state index < -0.39 is 0 Å². The predicted octanol–water partition coefficient (Wildman–Crippen LogP) is 4.85. The molecule has 0 amide bonds. The number of benzene rings is 3. The Balaban J connectivity index is 1.42. The van der Waals surface area contributed by atoms with Crippen molar-refractivity contribution in [1.29, 1.82) is 0 Å². The Morgan fingerprint density at radius 1 is 0.844 bits per heavy atom. The first kappa shape index (κ1) is 21.3. The summed E-state index contributed by atoms with van der Waals surface area (Å²) in [5.74, 6) is 2.10. The molecule has 0 aliphatic rings. The molecule has 0 unspecified atom stereocenters. The van der Waals surface area contributed by atoms with Gasteiger partial charge in [0.2, 0.25) is 5.88 Å². The first-order valence-electron chi connectivity index (χ1n) is 10.4. The summed E-state index contributed by atoms with van der Waals surface area (Å²) >= 11 is 0. The first-order chi connectivity index (χ1) is 15.5. The van der Waals surface area contributed by atoms with Gasteiger partial charge in [-0.05, 0) is 53.6 Å². The summed E-state index contributed by atoms with van der Waals surface area (Å²) < 4.78 is 11.2. The third kappa shape index (κ3) is 5.03. The molecule has 0 saturated heterocycles. The lowest BCUT2D eigenvalue weighted by Crippen LogP contribution is -2.08. The Labute approximate surface area is 187 Å². The number of ether oxygens (including phenoxy) is 2. The number of fused-ring (bicyclic) bond motifs is 1. The number of rotatable bonds is 8. The van der Waals surface area contributed by atoms with Crippen molar-refractivity contribution in [3.63, 3.8) is 0 Å². The molecule has 3 aromatic carbocycles. The van der Waals surface area contributed by atoms with E-state index in [-0.39, 0.29) is 5.78 Å². The lowest BCUT2D eigenvalue weighted by molar-refractivity contribution is -0.117. The van der Waals surface area contributed by atoms with Crippen LogP contribution in [0.1, 0.15) is 11.1 Å². The van der Waals surface area contributed by atoms with Gasteiger partial charge in [-0.1, -0.05) is 24.3 Å². The number of carbonyl (C=O) groups excluding carboxylic acids is 1. The monoisotopic (exact) mass is 427 g/mol. The zero-order valence-corrected chi connectivity index (χ0v) is 18.4. The van der Waals surface area contributed by atoms with Crippen LogP contribution in [-0.4, -0.2) is 37.0 Å². The van der Waals surface area contributed by atoms with E-state index in [4.69, 9.17) is 9.47 Å². The van der Waals surface area contributed by atoms with Crippen molar-refractivity contribution in [1.82, 2.24) is 9.97 Å². The van der Waals surface area contributed by atoms with Gasteiger partial charge in [0.25, 0.3) is 0 Å². The highest BCUT2D eigenvalue weighted by atomic mass is 16.5. The molecule has 6 heteroatoms. The standard InChI is InChI=1S/C26H25N3O3/c1-29(2)20-8-13-24-25(16-20)27-17-28-26(24)32-23-11-6-19(7-12-23)15-21(30)14-18-4-9-22(31-3)10-5-18/h4-13,16-17H,14-15H2,1-3H3. The smallest absolute Gasteiger partial charge is 0.230 e. The van der Waals surface area contributed by atoms with Crippen molar-refractivity contribution in [2.45, 2.75) is 12.8 Å². The van der Waals surface area contributed by atoms with Gasteiger partial charge < -0.3 is 14.4 Å². The van der Waals surface area contributed by atoms with Crippen LogP contribution in [0.3, 0.4) is 0 Å². The van der Waals surface area contributed by atoms with Gasteiger partial charge in [-0.25, -0.2) is 9.97 Å². The van der Waals surface area contributed by atoms with Crippen molar-refractivity contribution in [3.05, 3.63) is 84.2 Å². The number of carbonyl (C=O) groups is 1. The van der Waals surface area contributed by atoms with Crippen LogP contribution in [0.5, 0.6) is 17.4 Å². The number of anilines is 1. The van der Waals surface area contributed by atoms with E-state index in [1.165, 1.54) is 6.33 Å². The van der Waals surface area contributed by atoms with Gasteiger partial charge in [0.1, 0.15) is 23.6 Å². The largest absolute Gasteiger partial charge is 0.497 e. The topological polar surface area (TPSA) is 64.5 Å². The number of aromatic nitrogens is 2. The van der Waals surface area contributed by atoms with E-state index in [0.717, 1.165) is 33.5 Å². The van der Waals surface area contributed by atoms with Gasteiger partial charge in [0.15, 0.2) is 0 Å². The van der Waals surface area contributed by atoms with E-state index in [9.17, 15) is 4.79 Å². The van der Waals surface area contributed by atoms with Gasteiger partial charge in [-0.15, -0.1) is 0 Å². The molecule has 162 valence electrons. The van der Waals surface area contributed by atoms with Gasteiger partial charge in [-0.3, -0.25) is 4.79 Å². The van der Waals surface area contributed by atoms with Crippen molar-refractivity contribution < 1.29 is 14.3 Å². The highest BCUT2D eigenvalue weighted by Gasteiger charge is 2.09. The molecule has 4 rings (SSSR count). The van der Waals surface area contributed by atoms with E-state index in [1.807, 2.05) is 85.7 Å². The first-order valence-corrected chi connectivity index (χ1v) is 10.4. The van der Waals surface area contributed by atoms with Gasteiger partial charge in [0, 0.05) is 32.6 Å². The maximum absolute atomic E-state index is 12.5. The molecule has 0 bridgehead atoms. The van der Waals surface area contributed by atoms with E-state index in [0.29, 0.717) is 24.5 Å². The van der Waals surface area contributed by atoms with Gasteiger partial charge in [-0.2, -0.15) is 0 Å². The second-order valence-corrected chi connectivity index (χ2v) is 7.76. The molecule has 0 aliphatic carbocycles. The maximum atomic E-state index is 12.5. The van der Waals surface area contributed by atoms with Crippen LogP contribution < -0.4 is 14.4 Å². The lowest BCUT2D eigenvalue weighted by Gasteiger charge is -2.13. The maximum Gasteiger partial charge on any atom is 0.230 e. The molecule has 0 radical (unpaired) electrons. The number of hydrogen-bond donors (Lipinski definition) is 0. The Kier molecular flexibility index (Phi) is 6.31. The summed E-state index contributed by atoms with van der Waals surface area (Å²) in [7, 11) is 5.60. The van der Waals surface area contributed by atoms with E-state index in [2.05, 4.69) is 9.97 Å². The summed E-state index contributed by atoms with van der Waals surface area (Å²) in [5.41, 5.74) is 3.80. The molecule has 32 heavy (non-hydrogen) atoms. The minimum absolute atomic E-state index is 0.155. The number of Topliss-reactive ketones (excluding diaryl/α,β-unsaturated/α-hetero) is 1. The molecule has 1 aromatic heterocycles. The number of hydrogen-bond acceptors (Lipinski definition) is 6. The Morgan fingerprint density at radius 2 is 1.47 bits per heavy atom. The molecular formula is C26H25N3O3. The third-order valence-electron chi connectivity index (χ3n) is 5.20. The quantitative estimate of drug-likeness (QED) is 0.400. The molecule has 0 atom stereocenters. The summed E-state index contributed by atoms with van der Waals surface area (Å²) in [6.07, 6.45) is 2.27. The molecule has 0 fully saturated rings. The average Bonchev–Trinajstić information content (AvgIpc) is 2.80. The normalized spacial score (nSPS) is 10.7. The zero-order chi connectivity index (χ0) is 22.5. The molecule has 1 heterocycles. The molecule has 0 saturated carbocycles. The molecule has 6 nitrogen and oxygen atoms in total. The molecule has 4 aromatic rings. The Hall–Kier alpha value is -3.93. The van der Waals surface area contributed by atoms with Crippen molar-refractivity contribution in [2.24, 2.45) is 0 Å². The Morgan fingerprint density at radius 3 is 2.06 bits per heavy atom. The van der Waals surface area contributed by atoms with Crippen LogP contribution >= 0.6 is 0 Å². The van der Waals surface area contributed by atoms with E-state index >= 15 is 0 Å². The molecule has 0 aliphatic heterocycles. The summed E-state index contributed by atoms with van der Waals surface area (Å²) in [4.78, 5) is 23.1. The minimum atomic E-state index is 0.155. The number of methoxy groups -OCH3 is 1. The van der Waals surface area contributed by atoms with E-state index in [1.54, 1.807) is 7.11 Å². The molecular weight excluding hydrogens is 402 g/mol. The Bertz CT molecular complexity index is 1220. The number of nitrogens with zero attached hydrogens (tertiary/aromatic N) is 3. The highest BCUT2D eigenvalue weighted by molar-refractivity contribution is 5.86. The zero-order valence-electron chi connectivity index (χ0n) is 18.4. The average molecular weight is 428 g/mol. The van der Waals surface area contributed by atoms with Crippen LogP contribution in [0, 0.1) is 0 Å². The number of ketones is 1. The third-order valence-corrected chi connectivity index (χ3v) is 5.20. The van der Waals surface area contributed by atoms with Crippen LogP contribution in [-0.2, 0) is 17.6 Å². The second-order valence-electron chi connectivity index (χ2n) is 7.76. The lowest BCUT2D eigenvalue weighted by atomic mass is 10.0. The second kappa shape index (κ2) is 9.47. The van der Waals surface area contributed by atoms with Crippen LogP contribution in [0.2, 0.25) is 0 Å². The fraction of sp³-hybridized carbons (Fsp3) is 0.192. The van der Waals surface area contributed by atoms with Crippen LogP contribution in [0.4, 0.5) is 5.69 Å². The fourth-order valence-electron chi connectivity index (χ4n) is 3.43. The summed E-state index contributed by atoms with van der Waals surface area (Å²) in [6.45, 7) is 0. The summed E-state index contributed by atoms with van der Waals surface area (Å²) in [6, 6.07) is 21.1. The van der Waals surface area contributed by atoms with Crippen LogP contribution in [0.25, 0.3) is 10.9 Å². The minimum Gasteiger partial charge on any atom is -0.497 e. The summed E-state index contributed by atoms with van der Waals surface area (Å²) in [5, 5.41) is 0.844. The fourth-order valence-corrected chi connectivity index (χ4v) is 3.43. The van der Waals surface area contributed by atoms with Crippen molar-refractivity contribution >= 4 is 22.4 Å². The van der Waals surface area contributed by atoms with Crippen LogP contribution in [0.15, 0.2) is 73.1 Å². The predicted molar refractivity (Wildman–Crippen MR) is 126 cm³/mol. The van der Waals surface area contributed by atoms with Crippen molar-refractivity contribution in [2.75, 3.05) is 26.1 Å². The molecule has 0 N–H and O–H groups in total. The van der Waals surface area contributed by atoms with Gasteiger partial charge in [0.05, 0.1) is 18.0 Å².